The van der Waals surface area contributed by atoms with E-state index in [1.807, 2.05) is 42.2 Å². The second kappa shape index (κ2) is 8.83. The predicted octanol–water partition coefficient (Wildman–Crippen LogP) is 3.87. The Morgan fingerprint density at radius 3 is 2.53 bits per heavy atom. The molecule has 0 atom stereocenters. The number of hydrogen-bond acceptors (Lipinski definition) is 5. The van der Waals surface area contributed by atoms with Crippen LogP contribution >= 0.6 is 11.8 Å². The van der Waals surface area contributed by atoms with E-state index in [0.29, 0.717) is 18.8 Å². The van der Waals surface area contributed by atoms with Crippen molar-refractivity contribution in [3.63, 3.8) is 0 Å². The topological polar surface area (TPSA) is 50.6 Å². The average Bonchev–Trinajstić information content (AvgIpc) is 3.20. The van der Waals surface area contributed by atoms with E-state index in [0.717, 1.165) is 30.2 Å². The molecule has 7 heteroatoms. The zero-order valence-electron chi connectivity index (χ0n) is 17.5. The molecule has 0 aliphatic carbocycles. The number of benzene rings is 2. The van der Waals surface area contributed by atoms with Gasteiger partial charge in [0.05, 0.1) is 24.2 Å². The normalized spacial score (nSPS) is 14.1. The molecule has 0 bridgehead atoms. The molecule has 6 nitrogen and oxygen atoms in total. The van der Waals surface area contributed by atoms with Crippen LogP contribution in [0.25, 0.3) is 5.69 Å². The number of rotatable bonds is 5. The number of piperazine rings is 1. The third-order valence-corrected chi connectivity index (χ3v) is 6.13. The number of hydrogen-bond donors (Lipinski definition) is 0. The molecule has 1 fully saturated rings. The summed E-state index contributed by atoms with van der Waals surface area (Å²) in [6, 6.07) is 17.9. The first-order chi connectivity index (χ1) is 14.6. The summed E-state index contributed by atoms with van der Waals surface area (Å²) in [7, 11) is 1.63. The number of carbonyl (C=O) groups is 1. The van der Waals surface area contributed by atoms with Gasteiger partial charge in [-0.3, -0.25) is 4.79 Å². The molecule has 0 spiro atoms. The molecule has 30 heavy (non-hydrogen) atoms. The van der Waals surface area contributed by atoms with E-state index in [4.69, 9.17) is 4.74 Å². The number of methoxy groups -OCH3 is 1. The van der Waals surface area contributed by atoms with Gasteiger partial charge >= 0.3 is 0 Å². The number of nitrogens with zero attached hydrogens (tertiary/aromatic N) is 4. The highest BCUT2D eigenvalue weighted by molar-refractivity contribution is 7.98. The van der Waals surface area contributed by atoms with E-state index in [2.05, 4.69) is 40.5 Å². The minimum absolute atomic E-state index is 0.0104. The van der Waals surface area contributed by atoms with Gasteiger partial charge in [-0.25, -0.2) is 4.68 Å². The predicted molar refractivity (Wildman–Crippen MR) is 121 cm³/mol. The Labute approximate surface area is 181 Å². The molecule has 0 saturated carbocycles. The molecular weight excluding hydrogens is 396 g/mol. The summed E-state index contributed by atoms with van der Waals surface area (Å²) in [5.41, 5.74) is 3.46. The summed E-state index contributed by atoms with van der Waals surface area (Å²) >= 11 is 1.75. The van der Waals surface area contributed by atoms with Gasteiger partial charge < -0.3 is 14.5 Å². The van der Waals surface area contributed by atoms with Crippen LogP contribution < -0.4 is 9.64 Å². The summed E-state index contributed by atoms with van der Waals surface area (Å²) in [5.74, 6) is 0.747. The minimum atomic E-state index is 0.0104. The number of carbonyl (C=O) groups excluding carboxylic acids is 1. The van der Waals surface area contributed by atoms with Crippen molar-refractivity contribution in [2.24, 2.45) is 0 Å². The molecule has 2 heterocycles. The zero-order valence-corrected chi connectivity index (χ0v) is 18.4. The van der Waals surface area contributed by atoms with Crippen LogP contribution in [0.1, 0.15) is 16.2 Å². The maximum Gasteiger partial charge on any atom is 0.272 e. The Morgan fingerprint density at radius 1 is 1.03 bits per heavy atom. The van der Waals surface area contributed by atoms with Gasteiger partial charge in [0.1, 0.15) is 11.4 Å². The van der Waals surface area contributed by atoms with Crippen LogP contribution in [0, 0.1) is 6.92 Å². The van der Waals surface area contributed by atoms with E-state index in [-0.39, 0.29) is 5.91 Å². The van der Waals surface area contributed by atoms with Gasteiger partial charge in [-0.1, -0.05) is 18.2 Å². The number of ether oxygens (including phenoxy) is 1. The smallest absolute Gasteiger partial charge is 0.272 e. The lowest BCUT2D eigenvalue weighted by Crippen LogP contribution is -2.49. The highest BCUT2D eigenvalue weighted by Gasteiger charge is 2.26. The molecule has 1 aliphatic heterocycles. The summed E-state index contributed by atoms with van der Waals surface area (Å²) in [6.45, 7) is 4.91. The minimum Gasteiger partial charge on any atom is -0.497 e. The van der Waals surface area contributed by atoms with Gasteiger partial charge in [0.25, 0.3) is 5.91 Å². The highest BCUT2D eigenvalue weighted by atomic mass is 32.2. The summed E-state index contributed by atoms with van der Waals surface area (Å²) < 4.78 is 7.05. The Bertz CT molecular complexity index is 1040. The lowest BCUT2D eigenvalue weighted by Gasteiger charge is -2.36. The van der Waals surface area contributed by atoms with Crippen LogP contribution in [-0.2, 0) is 0 Å². The Morgan fingerprint density at radius 2 is 1.80 bits per heavy atom. The van der Waals surface area contributed by atoms with E-state index >= 15 is 0 Å². The van der Waals surface area contributed by atoms with Crippen molar-refractivity contribution in [1.29, 1.82) is 0 Å². The maximum absolute atomic E-state index is 13.3. The Balaban J connectivity index is 1.52. The van der Waals surface area contributed by atoms with E-state index in [9.17, 15) is 4.79 Å². The van der Waals surface area contributed by atoms with Crippen molar-refractivity contribution in [3.05, 3.63) is 66.0 Å². The van der Waals surface area contributed by atoms with Gasteiger partial charge in [0.15, 0.2) is 0 Å². The molecule has 1 amide bonds. The largest absolute Gasteiger partial charge is 0.497 e. The van der Waals surface area contributed by atoms with Crippen molar-refractivity contribution in [1.82, 2.24) is 14.7 Å². The first-order valence-corrected chi connectivity index (χ1v) is 11.2. The third-order valence-electron chi connectivity index (χ3n) is 5.34. The van der Waals surface area contributed by atoms with Crippen LogP contribution in [0.15, 0.2) is 59.5 Å². The van der Waals surface area contributed by atoms with Crippen molar-refractivity contribution >= 4 is 23.4 Å². The van der Waals surface area contributed by atoms with Crippen LogP contribution in [0.5, 0.6) is 5.75 Å². The number of para-hydroxylation sites is 1. The first kappa shape index (κ1) is 20.3. The number of aryl methyl sites for hydroxylation is 1. The van der Waals surface area contributed by atoms with Crippen molar-refractivity contribution in [2.45, 2.75) is 11.8 Å². The summed E-state index contributed by atoms with van der Waals surface area (Å²) in [5, 5.41) is 4.56. The quantitative estimate of drug-likeness (QED) is 0.584. The third kappa shape index (κ3) is 4.03. The van der Waals surface area contributed by atoms with Crippen LogP contribution in [0.3, 0.4) is 0 Å². The summed E-state index contributed by atoms with van der Waals surface area (Å²) in [6.07, 6.45) is 2.10. The summed E-state index contributed by atoms with van der Waals surface area (Å²) in [4.78, 5) is 18.9. The zero-order chi connectivity index (χ0) is 21.1. The lowest BCUT2D eigenvalue weighted by atomic mass is 10.2. The van der Waals surface area contributed by atoms with Gasteiger partial charge in [-0.05, 0) is 43.5 Å². The number of aromatic nitrogens is 2. The van der Waals surface area contributed by atoms with E-state index in [1.165, 1.54) is 10.6 Å². The fourth-order valence-corrected chi connectivity index (χ4v) is 4.42. The van der Waals surface area contributed by atoms with Crippen LogP contribution in [0.4, 0.5) is 5.69 Å². The monoisotopic (exact) mass is 422 g/mol. The Kier molecular flexibility index (Phi) is 5.99. The fraction of sp³-hybridized carbons (Fsp3) is 0.304. The molecule has 2 aromatic carbocycles. The number of thioether (sulfide) groups is 1. The average molecular weight is 423 g/mol. The van der Waals surface area contributed by atoms with Gasteiger partial charge in [-0.2, -0.15) is 5.10 Å². The standard InChI is InChI=1S/C23H26N4O2S/c1-17-15-21(27(24-17)18-7-6-8-19(16-18)29-2)23(28)26-13-11-25(12-14-26)20-9-4-5-10-22(20)30-3/h4-10,15-16H,11-14H2,1-3H3. The molecule has 1 aromatic heterocycles. The molecule has 1 aliphatic rings. The Hall–Kier alpha value is -2.93. The number of anilines is 1. The SMILES string of the molecule is COc1cccc(-n2nc(C)cc2C(=O)N2CCN(c3ccccc3SC)CC2)c1. The van der Waals surface area contributed by atoms with E-state index < -0.39 is 0 Å². The molecule has 3 aromatic rings. The van der Waals surface area contributed by atoms with Crippen molar-refractivity contribution in [2.75, 3.05) is 44.4 Å². The lowest BCUT2D eigenvalue weighted by molar-refractivity contribution is 0.0737. The van der Waals surface area contributed by atoms with E-state index in [1.54, 1.807) is 23.6 Å². The second-order valence-corrected chi connectivity index (χ2v) is 8.08. The maximum atomic E-state index is 13.3. The van der Waals surface area contributed by atoms with Gasteiger partial charge in [-0.15, -0.1) is 11.8 Å². The first-order valence-electron chi connectivity index (χ1n) is 9.99. The van der Waals surface area contributed by atoms with Crippen LogP contribution in [0.2, 0.25) is 0 Å². The highest BCUT2D eigenvalue weighted by Crippen LogP contribution is 2.29. The van der Waals surface area contributed by atoms with Crippen molar-refractivity contribution < 1.29 is 9.53 Å². The fourth-order valence-electron chi connectivity index (χ4n) is 3.79. The van der Waals surface area contributed by atoms with Gasteiger partial charge in [0, 0.05) is 37.1 Å². The van der Waals surface area contributed by atoms with Crippen LogP contribution in [-0.4, -0.2) is 60.1 Å². The molecule has 0 N–H and O–H groups in total. The molecule has 1 saturated heterocycles. The second-order valence-electron chi connectivity index (χ2n) is 7.24. The molecule has 0 radical (unpaired) electrons. The van der Waals surface area contributed by atoms with Crippen molar-refractivity contribution in [3.8, 4) is 11.4 Å². The molecule has 156 valence electrons. The molecular formula is C23H26N4O2S. The molecule has 0 unspecified atom stereocenters. The molecule has 4 rings (SSSR count). The van der Waals surface area contributed by atoms with Gasteiger partial charge in [0.2, 0.25) is 0 Å². The number of amides is 1.